The first-order valence-corrected chi connectivity index (χ1v) is 10.9. The van der Waals surface area contributed by atoms with Crippen LogP contribution in [0.2, 0.25) is 5.02 Å². The van der Waals surface area contributed by atoms with Gasteiger partial charge in [-0.3, -0.25) is 10.2 Å². The molecule has 3 heterocycles. The molecule has 1 amide bonds. The highest BCUT2D eigenvalue weighted by molar-refractivity contribution is 8.27. The summed E-state index contributed by atoms with van der Waals surface area (Å²) in [6.07, 6.45) is 3.36. The van der Waals surface area contributed by atoms with Crippen molar-refractivity contribution in [1.82, 2.24) is 9.58 Å². The number of nitrogens with one attached hydrogen (secondary N) is 1. The first-order valence-electron chi connectivity index (χ1n) is 9.72. The Labute approximate surface area is 197 Å². The monoisotopic (exact) mass is 479 g/mol. The highest BCUT2D eigenvalue weighted by Gasteiger charge is 2.36. The Morgan fingerprint density at radius 3 is 2.79 bits per heavy atom. The van der Waals surface area contributed by atoms with Crippen molar-refractivity contribution in [2.45, 2.75) is 0 Å². The number of amidine groups is 2. The SMILES string of the molecule is COc1ccc(Cl)cc1-n1cccc1/C=C1/C(=N)N2N=C(c3ccccc3F)SC2=NC1=O. The van der Waals surface area contributed by atoms with E-state index >= 15 is 0 Å². The van der Waals surface area contributed by atoms with Gasteiger partial charge in [0.25, 0.3) is 5.91 Å². The zero-order chi connectivity index (χ0) is 23.1. The molecule has 0 fully saturated rings. The number of amides is 1. The molecule has 0 saturated heterocycles. The van der Waals surface area contributed by atoms with E-state index in [1.165, 1.54) is 11.1 Å². The number of thioether (sulfide) groups is 1. The Kier molecular flexibility index (Phi) is 5.35. The van der Waals surface area contributed by atoms with Gasteiger partial charge in [0.15, 0.2) is 5.84 Å². The second-order valence-corrected chi connectivity index (χ2v) is 8.42. The molecular formula is C23H15ClFN5O2S. The molecule has 164 valence electrons. The Balaban J connectivity index is 1.53. The Bertz CT molecular complexity index is 1410. The van der Waals surface area contributed by atoms with E-state index in [1.807, 2.05) is 0 Å². The van der Waals surface area contributed by atoms with Crippen LogP contribution in [0.1, 0.15) is 11.3 Å². The number of hydrazone groups is 1. The largest absolute Gasteiger partial charge is 0.495 e. The molecule has 0 spiro atoms. The van der Waals surface area contributed by atoms with Crippen LogP contribution in [0.3, 0.4) is 0 Å². The lowest BCUT2D eigenvalue weighted by Gasteiger charge is -2.20. The lowest BCUT2D eigenvalue weighted by Crippen LogP contribution is -2.35. The van der Waals surface area contributed by atoms with Crippen LogP contribution in [-0.4, -0.2) is 38.6 Å². The Hall–Kier alpha value is -3.69. The van der Waals surface area contributed by atoms with E-state index in [0.29, 0.717) is 27.2 Å². The summed E-state index contributed by atoms with van der Waals surface area (Å²) in [6, 6.07) is 15.0. The van der Waals surface area contributed by atoms with Gasteiger partial charge in [-0.05, 0) is 60.3 Å². The number of fused-ring (bicyclic) bond motifs is 1. The van der Waals surface area contributed by atoms with E-state index in [9.17, 15) is 9.18 Å². The standard InChI is InChI=1S/C23H15ClFN5O2S/c1-32-19-9-8-13(24)11-18(19)29-10-4-5-14(29)12-16-20(26)30-23(27-21(16)31)33-22(28-30)15-6-2-3-7-17(15)25/h2-12,26H,1H3/b16-12-,26-20?. The lowest BCUT2D eigenvalue weighted by atomic mass is 10.1. The zero-order valence-electron chi connectivity index (χ0n) is 17.1. The average molecular weight is 480 g/mol. The Morgan fingerprint density at radius 1 is 1.18 bits per heavy atom. The fraction of sp³-hybridized carbons (Fsp3) is 0.0435. The van der Waals surface area contributed by atoms with Crippen molar-refractivity contribution in [2.75, 3.05) is 7.11 Å². The average Bonchev–Trinajstić information content (AvgIpc) is 3.44. The number of carbonyl (C=O) groups excluding carboxylic acids is 1. The maximum Gasteiger partial charge on any atom is 0.283 e. The number of aliphatic imine (C=N–C) groups is 1. The molecule has 2 aromatic carbocycles. The van der Waals surface area contributed by atoms with Crippen LogP contribution in [0.4, 0.5) is 4.39 Å². The summed E-state index contributed by atoms with van der Waals surface area (Å²) in [6.45, 7) is 0. The minimum absolute atomic E-state index is 0.0545. The van der Waals surface area contributed by atoms with Gasteiger partial charge in [-0.15, -0.1) is 0 Å². The minimum atomic E-state index is -0.574. The number of hydrogen-bond acceptors (Lipinski definition) is 5. The predicted molar refractivity (Wildman–Crippen MR) is 128 cm³/mol. The van der Waals surface area contributed by atoms with E-state index in [2.05, 4.69) is 10.1 Å². The number of aromatic nitrogens is 1. The number of ether oxygens (including phenoxy) is 1. The molecule has 10 heteroatoms. The highest BCUT2D eigenvalue weighted by Crippen LogP contribution is 2.33. The molecule has 1 N–H and O–H groups in total. The van der Waals surface area contributed by atoms with Crippen LogP contribution >= 0.6 is 23.4 Å². The Morgan fingerprint density at radius 2 is 2.00 bits per heavy atom. The summed E-state index contributed by atoms with van der Waals surface area (Å²) in [4.78, 5) is 16.9. The molecule has 0 atom stereocenters. The van der Waals surface area contributed by atoms with Crippen molar-refractivity contribution in [3.63, 3.8) is 0 Å². The van der Waals surface area contributed by atoms with E-state index in [0.717, 1.165) is 11.8 Å². The molecule has 5 rings (SSSR count). The van der Waals surface area contributed by atoms with Gasteiger partial charge in [0.2, 0.25) is 5.17 Å². The molecular weight excluding hydrogens is 465 g/mol. The summed E-state index contributed by atoms with van der Waals surface area (Å²) in [5.74, 6) is -0.564. The second kappa shape index (κ2) is 8.34. The third kappa shape index (κ3) is 3.75. The molecule has 0 unspecified atom stereocenters. The predicted octanol–water partition coefficient (Wildman–Crippen LogP) is 4.95. The molecule has 2 aliphatic heterocycles. The fourth-order valence-corrected chi connectivity index (χ4v) is 4.55. The molecule has 1 aromatic heterocycles. The third-order valence-corrected chi connectivity index (χ3v) is 6.21. The van der Waals surface area contributed by atoms with Gasteiger partial charge in [0.1, 0.15) is 16.6 Å². The number of rotatable bonds is 4. The second-order valence-electron chi connectivity index (χ2n) is 7.02. The zero-order valence-corrected chi connectivity index (χ0v) is 18.7. The number of benzene rings is 2. The summed E-state index contributed by atoms with van der Waals surface area (Å²) in [7, 11) is 1.56. The molecule has 3 aromatic rings. The maximum atomic E-state index is 14.2. The van der Waals surface area contributed by atoms with Gasteiger partial charge in [-0.1, -0.05) is 23.7 Å². The van der Waals surface area contributed by atoms with E-state index in [-0.39, 0.29) is 22.1 Å². The maximum absolute atomic E-state index is 14.2. The van der Waals surface area contributed by atoms with Crippen molar-refractivity contribution < 1.29 is 13.9 Å². The first kappa shape index (κ1) is 21.2. The molecule has 7 nitrogen and oxygen atoms in total. The van der Waals surface area contributed by atoms with Gasteiger partial charge < -0.3 is 9.30 Å². The van der Waals surface area contributed by atoms with Crippen LogP contribution in [0.25, 0.3) is 11.8 Å². The van der Waals surface area contributed by atoms with Gasteiger partial charge >= 0.3 is 0 Å². The van der Waals surface area contributed by atoms with Crippen molar-refractivity contribution >= 4 is 51.4 Å². The van der Waals surface area contributed by atoms with Gasteiger partial charge in [-0.25, -0.2) is 4.39 Å². The van der Waals surface area contributed by atoms with Crippen molar-refractivity contribution in [3.8, 4) is 11.4 Å². The van der Waals surface area contributed by atoms with Crippen LogP contribution in [-0.2, 0) is 4.79 Å². The van der Waals surface area contributed by atoms with Crippen molar-refractivity contribution in [2.24, 2.45) is 10.1 Å². The van der Waals surface area contributed by atoms with Gasteiger partial charge in [-0.2, -0.15) is 15.1 Å². The fourth-order valence-electron chi connectivity index (χ4n) is 3.47. The lowest BCUT2D eigenvalue weighted by molar-refractivity contribution is -0.114. The molecule has 0 radical (unpaired) electrons. The molecule has 0 bridgehead atoms. The normalized spacial score (nSPS) is 16.7. The van der Waals surface area contributed by atoms with Crippen LogP contribution in [0, 0.1) is 11.2 Å². The smallest absolute Gasteiger partial charge is 0.283 e. The number of nitrogens with zero attached hydrogens (tertiary/aromatic N) is 4. The summed E-state index contributed by atoms with van der Waals surface area (Å²) in [5, 5.41) is 15.2. The molecule has 33 heavy (non-hydrogen) atoms. The number of methoxy groups -OCH3 is 1. The first-order chi connectivity index (χ1) is 16.0. The van der Waals surface area contributed by atoms with Crippen LogP contribution in [0.15, 0.2) is 76.5 Å². The van der Waals surface area contributed by atoms with Crippen molar-refractivity contribution in [1.29, 1.82) is 5.41 Å². The molecule has 2 aliphatic rings. The summed E-state index contributed by atoms with van der Waals surface area (Å²) >= 11 is 7.22. The summed E-state index contributed by atoms with van der Waals surface area (Å²) in [5.41, 5.74) is 1.64. The molecule has 0 saturated carbocycles. The highest BCUT2D eigenvalue weighted by atomic mass is 35.5. The quantitative estimate of drug-likeness (QED) is 0.537. The van der Waals surface area contributed by atoms with E-state index in [1.54, 1.807) is 72.5 Å². The summed E-state index contributed by atoms with van der Waals surface area (Å²) < 4.78 is 21.4. The number of carbonyl (C=O) groups is 1. The third-order valence-electron chi connectivity index (χ3n) is 5.03. The topological polar surface area (TPSA) is 83.0 Å². The van der Waals surface area contributed by atoms with Gasteiger partial charge in [0, 0.05) is 22.5 Å². The molecule has 0 aliphatic carbocycles. The van der Waals surface area contributed by atoms with Crippen molar-refractivity contribution in [3.05, 3.63) is 88.5 Å². The van der Waals surface area contributed by atoms with Crippen LogP contribution in [0.5, 0.6) is 5.75 Å². The van der Waals surface area contributed by atoms with E-state index < -0.39 is 11.7 Å². The number of hydrogen-bond donors (Lipinski definition) is 1. The van der Waals surface area contributed by atoms with E-state index in [4.69, 9.17) is 21.7 Å². The minimum Gasteiger partial charge on any atom is -0.495 e. The number of halogens is 2. The van der Waals surface area contributed by atoms with Crippen LogP contribution < -0.4 is 4.74 Å². The van der Waals surface area contributed by atoms with Gasteiger partial charge in [0.05, 0.1) is 18.4 Å².